The molecule has 0 amide bonds. The Balaban J connectivity index is 1.58. The zero-order valence-electron chi connectivity index (χ0n) is 16.5. The molecule has 2 aliphatic rings. The van der Waals surface area contributed by atoms with Crippen molar-refractivity contribution in [3.05, 3.63) is 117 Å². The van der Waals surface area contributed by atoms with Crippen molar-refractivity contribution < 1.29 is 0 Å². The maximum absolute atomic E-state index is 3.66. The van der Waals surface area contributed by atoms with Crippen molar-refractivity contribution in [1.82, 2.24) is 0 Å². The highest BCUT2D eigenvalue weighted by Gasteiger charge is 2.37. The second-order valence-corrected chi connectivity index (χ2v) is 9.64. The zero-order chi connectivity index (χ0) is 19.8. The molecular formula is C28H21Br. The van der Waals surface area contributed by atoms with E-state index in [1.54, 1.807) is 0 Å². The summed E-state index contributed by atoms with van der Waals surface area (Å²) in [7, 11) is 0. The molecule has 1 unspecified atom stereocenters. The maximum atomic E-state index is 3.66. The summed E-state index contributed by atoms with van der Waals surface area (Å²) in [5.41, 5.74) is 12.6. The Hall–Kier alpha value is -2.64. The molecule has 2 aliphatic carbocycles. The molecule has 0 spiro atoms. The van der Waals surface area contributed by atoms with Crippen LogP contribution in [0, 0.1) is 0 Å². The lowest BCUT2D eigenvalue weighted by atomic mass is 9.80. The number of halogens is 1. The van der Waals surface area contributed by atoms with E-state index in [1.807, 2.05) is 0 Å². The van der Waals surface area contributed by atoms with E-state index in [-0.39, 0.29) is 5.41 Å². The van der Waals surface area contributed by atoms with Gasteiger partial charge in [-0.25, -0.2) is 0 Å². The molecule has 0 nitrogen and oxygen atoms in total. The maximum Gasteiger partial charge on any atom is 0.0352 e. The van der Waals surface area contributed by atoms with Gasteiger partial charge < -0.3 is 0 Å². The molecule has 0 aliphatic heterocycles. The van der Waals surface area contributed by atoms with Gasteiger partial charge >= 0.3 is 0 Å². The molecule has 0 heterocycles. The van der Waals surface area contributed by atoms with Gasteiger partial charge in [-0.15, -0.1) is 0 Å². The molecular weight excluding hydrogens is 416 g/mol. The minimum atomic E-state index is 0.0304. The van der Waals surface area contributed by atoms with E-state index in [4.69, 9.17) is 0 Å². The lowest BCUT2D eigenvalue weighted by Gasteiger charge is -2.23. The number of rotatable bonds is 1. The Bertz CT molecular complexity index is 1300. The quantitative estimate of drug-likeness (QED) is 0.250. The van der Waals surface area contributed by atoms with E-state index in [1.165, 1.54) is 50.1 Å². The van der Waals surface area contributed by atoms with Crippen LogP contribution in [0.15, 0.2) is 89.4 Å². The van der Waals surface area contributed by atoms with Gasteiger partial charge in [-0.2, -0.15) is 0 Å². The fourth-order valence-corrected chi connectivity index (χ4v) is 5.80. The van der Waals surface area contributed by atoms with Crippen molar-refractivity contribution in [2.45, 2.75) is 25.2 Å². The van der Waals surface area contributed by atoms with E-state index in [0.29, 0.717) is 5.92 Å². The van der Waals surface area contributed by atoms with Crippen LogP contribution >= 0.6 is 15.9 Å². The van der Waals surface area contributed by atoms with Crippen molar-refractivity contribution in [3.63, 3.8) is 0 Å². The predicted molar refractivity (Wildman–Crippen MR) is 125 cm³/mol. The van der Waals surface area contributed by atoms with Crippen LogP contribution in [0.4, 0.5) is 0 Å². The van der Waals surface area contributed by atoms with Crippen LogP contribution in [0.25, 0.3) is 22.3 Å². The summed E-state index contributed by atoms with van der Waals surface area (Å²) < 4.78 is 1.14. The van der Waals surface area contributed by atoms with Gasteiger partial charge in [-0.1, -0.05) is 103 Å². The zero-order valence-corrected chi connectivity index (χ0v) is 18.1. The Morgan fingerprint density at radius 3 is 2.17 bits per heavy atom. The van der Waals surface area contributed by atoms with Crippen LogP contribution in [-0.2, 0) is 5.41 Å². The molecule has 29 heavy (non-hydrogen) atoms. The van der Waals surface area contributed by atoms with Crippen LogP contribution < -0.4 is 0 Å². The Kier molecular flexibility index (Phi) is 3.53. The fourth-order valence-electron chi connectivity index (χ4n) is 5.44. The largest absolute Gasteiger partial charge is 0.0619 e. The molecule has 1 heteroatoms. The van der Waals surface area contributed by atoms with Gasteiger partial charge in [0.25, 0.3) is 0 Å². The van der Waals surface area contributed by atoms with Crippen molar-refractivity contribution in [2.24, 2.45) is 0 Å². The molecule has 0 bridgehead atoms. The summed E-state index contributed by atoms with van der Waals surface area (Å²) in [6, 6.07) is 31.6. The summed E-state index contributed by atoms with van der Waals surface area (Å²) in [6.07, 6.45) is 0. The molecule has 0 radical (unpaired) electrons. The minimum absolute atomic E-state index is 0.0304. The summed E-state index contributed by atoms with van der Waals surface area (Å²) >= 11 is 3.66. The molecule has 0 saturated heterocycles. The highest BCUT2D eigenvalue weighted by Crippen LogP contribution is 2.52. The molecule has 0 N–H and O–H groups in total. The summed E-state index contributed by atoms with van der Waals surface area (Å²) in [5, 5.41) is 0. The second-order valence-electron chi connectivity index (χ2n) is 8.73. The van der Waals surface area contributed by atoms with Gasteiger partial charge in [-0.05, 0) is 62.2 Å². The van der Waals surface area contributed by atoms with E-state index in [9.17, 15) is 0 Å². The highest BCUT2D eigenvalue weighted by atomic mass is 79.9. The van der Waals surface area contributed by atoms with Gasteiger partial charge in [0.2, 0.25) is 0 Å². The Morgan fingerprint density at radius 1 is 0.621 bits per heavy atom. The van der Waals surface area contributed by atoms with Crippen LogP contribution in [0.2, 0.25) is 0 Å². The van der Waals surface area contributed by atoms with E-state index in [2.05, 4.69) is 115 Å². The lowest BCUT2D eigenvalue weighted by molar-refractivity contribution is 0.659. The average molecular weight is 437 g/mol. The van der Waals surface area contributed by atoms with Crippen molar-refractivity contribution in [1.29, 1.82) is 0 Å². The summed E-state index contributed by atoms with van der Waals surface area (Å²) in [4.78, 5) is 0. The van der Waals surface area contributed by atoms with Gasteiger partial charge in [0.15, 0.2) is 0 Å². The molecule has 0 aromatic heterocycles. The fraction of sp³-hybridized carbons (Fsp3) is 0.143. The van der Waals surface area contributed by atoms with Gasteiger partial charge in [0, 0.05) is 15.8 Å². The van der Waals surface area contributed by atoms with Crippen LogP contribution in [0.1, 0.15) is 47.6 Å². The normalized spacial score (nSPS) is 17.4. The molecule has 4 aromatic rings. The SMILES string of the molecule is CC1(C)c2ccccc2-c2ccc(C3c4ccccc4-c4cc(Br)ccc43)cc21. The molecule has 0 fully saturated rings. The summed E-state index contributed by atoms with van der Waals surface area (Å²) in [5.74, 6) is 0.291. The monoisotopic (exact) mass is 436 g/mol. The van der Waals surface area contributed by atoms with E-state index < -0.39 is 0 Å². The number of hydrogen-bond acceptors (Lipinski definition) is 0. The first-order valence-electron chi connectivity index (χ1n) is 10.2. The van der Waals surface area contributed by atoms with Crippen LogP contribution in [0.3, 0.4) is 0 Å². The minimum Gasteiger partial charge on any atom is -0.0619 e. The van der Waals surface area contributed by atoms with Crippen LogP contribution in [-0.4, -0.2) is 0 Å². The average Bonchev–Trinajstić information content (AvgIpc) is 3.18. The van der Waals surface area contributed by atoms with Crippen molar-refractivity contribution in [2.75, 3.05) is 0 Å². The van der Waals surface area contributed by atoms with Gasteiger partial charge in [0.05, 0.1) is 0 Å². The van der Waals surface area contributed by atoms with Crippen molar-refractivity contribution >= 4 is 15.9 Å². The standard InChI is InChI=1S/C28H21Br/c1-28(2)25-10-6-5-8-20(25)21-13-11-17(15-26(21)28)27-22-9-4-3-7-19(22)24-16-18(29)12-14-23(24)27/h3-16,27H,1-2H3. The first-order chi connectivity index (χ1) is 14.1. The molecule has 0 saturated carbocycles. The van der Waals surface area contributed by atoms with E-state index in [0.717, 1.165) is 4.47 Å². The molecule has 4 aromatic carbocycles. The van der Waals surface area contributed by atoms with Crippen LogP contribution in [0.5, 0.6) is 0 Å². The topological polar surface area (TPSA) is 0 Å². The van der Waals surface area contributed by atoms with Crippen molar-refractivity contribution in [3.8, 4) is 22.3 Å². The number of hydrogen-bond donors (Lipinski definition) is 0. The number of benzene rings is 4. The summed E-state index contributed by atoms with van der Waals surface area (Å²) in [6.45, 7) is 4.71. The lowest BCUT2D eigenvalue weighted by Crippen LogP contribution is -2.15. The van der Waals surface area contributed by atoms with Gasteiger partial charge in [-0.3, -0.25) is 0 Å². The van der Waals surface area contributed by atoms with Gasteiger partial charge in [0.1, 0.15) is 0 Å². The first kappa shape index (κ1) is 17.2. The number of fused-ring (bicyclic) bond motifs is 6. The predicted octanol–water partition coefficient (Wildman–Crippen LogP) is 7.92. The Morgan fingerprint density at radius 2 is 1.31 bits per heavy atom. The highest BCUT2D eigenvalue weighted by molar-refractivity contribution is 9.10. The second kappa shape index (κ2) is 5.93. The molecule has 6 rings (SSSR count). The Labute approximate surface area is 180 Å². The molecule has 140 valence electrons. The third-order valence-electron chi connectivity index (χ3n) is 6.83. The first-order valence-corrected chi connectivity index (χ1v) is 11.0. The van der Waals surface area contributed by atoms with E-state index >= 15 is 0 Å². The third kappa shape index (κ3) is 2.31. The smallest absolute Gasteiger partial charge is 0.0352 e. The third-order valence-corrected chi connectivity index (χ3v) is 7.32. The molecule has 1 atom stereocenters.